The molecule has 0 aliphatic heterocycles. The fourth-order valence-corrected chi connectivity index (χ4v) is 1.66. The third-order valence-corrected chi connectivity index (χ3v) is 2.63. The quantitative estimate of drug-likeness (QED) is 0.562. The maximum absolute atomic E-state index is 10.4. The Morgan fingerprint density at radius 2 is 2.00 bits per heavy atom. The number of benzene rings is 1. The minimum atomic E-state index is 0.802. The van der Waals surface area contributed by atoms with Crippen LogP contribution < -0.4 is 4.74 Å². The monoisotopic (exact) mass is 208 g/mol. The molecule has 74 valence electrons. The van der Waals surface area contributed by atoms with Crippen LogP contribution >= 0.6 is 11.8 Å². The Hall–Kier alpha value is -1.22. The molecule has 0 bridgehead atoms. The minimum absolute atomic E-state index is 0.802. The SMILES string of the molecule is COc1ccc(/C(=C/C=O)SC)cc1. The molecule has 0 saturated carbocycles. The Labute approximate surface area is 88.0 Å². The summed E-state index contributed by atoms with van der Waals surface area (Å²) in [4.78, 5) is 11.3. The maximum Gasteiger partial charge on any atom is 0.143 e. The number of methoxy groups -OCH3 is 1. The zero-order valence-corrected chi connectivity index (χ0v) is 9.01. The van der Waals surface area contributed by atoms with Crippen molar-refractivity contribution < 1.29 is 9.53 Å². The van der Waals surface area contributed by atoms with Crippen LogP contribution in [0.4, 0.5) is 0 Å². The molecule has 0 radical (unpaired) electrons. The van der Waals surface area contributed by atoms with Crippen LogP contribution in [0.25, 0.3) is 4.91 Å². The van der Waals surface area contributed by atoms with Gasteiger partial charge in [0, 0.05) is 4.91 Å². The summed E-state index contributed by atoms with van der Waals surface area (Å²) < 4.78 is 5.05. The van der Waals surface area contributed by atoms with E-state index >= 15 is 0 Å². The van der Waals surface area contributed by atoms with Crippen molar-refractivity contribution >= 4 is 23.0 Å². The summed E-state index contributed by atoms with van der Waals surface area (Å²) in [6.07, 6.45) is 4.31. The number of hydrogen-bond donors (Lipinski definition) is 0. The second-order valence-electron chi connectivity index (χ2n) is 2.60. The predicted octanol–water partition coefficient (Wildman–Crippen LogP) is 2.60. The van der Waals surface area contributed by atoms with Gasteiger partial charge in [0.2, 0.25) is 0 Å². The number of allylic oxidation sites excluding steroid dienone is 1. The highest BCUT2D eigenvalue weighted by Crippen LogP contribution is 2.25. The Balaban J connectivity index is 2.95. The molecule has 3 heteroatoms. The van der Waals surface area contributed by atoms with Gasteiger partial charge in [-0.15, -0.1) is 11.8 Å². The Bertz CT molecular complexity index is 328. The van der Waals surface area contributed by atoms with E-state index in [0.717, 1.165) is 22.5 Å². The molecule has 0 heterocycles. The van der Waals surface area contributed by atoms with Gasteiger partial charge in [-0.1, -0.05) is 12.1 Å². The molecular weight excluding hydrogens is 196 g/mol. The number of thioether (sulfide) groups is 1. The summed E-state index contributed by atoms with van der Waals surface area (Å²) >= 11 is 1.55. The molecule has 0 aliphatic carbocycles. The van der Waals surface area contributed by atoms with Crippen LogP contribution in [0.5, 0.6) is 5.75 Å². The van der Waals surface area contributed by atoms with E-state index < -0.39 is 0 Å². The third kappa shape index (κ3) is 2.64. The first-order valence-electron chi connectivity index (χ1n) is 4.15. The number of carbonyl (C=O) groups excluding carboxylic acids is 1. The molecule has 1 aromatic rings. The molecule has 1 aromatic carbocycles. The van der Waals surface area contributed by atoms with Crippen molar-refractivity contribution in [2.75, 3.05) is 13.4 Å². The largest absolute Gasteiger partial charge is 0.497 e. The zero-order valence-electron chi connectivity index (χ0n) is 8.19. The van der Waals surface area contributed by atoms with Gasteiger partial charge in [-0.3, -0.25) is 4.79 Å². The Morgan fingerprint density at radius 3 is 2.43 bits per heavy atom. The van der Waals surface area contributed by atoms with Crippen LogP contribution in [0.15, 0.2) is 30.3 Å². The lowest BCUT2D eigenvalue weighted by Crippen LogP contribution is -1.84. The molecule has 0 fully saturated rings. The Morgan fingerprint density at radius 1 is 1.36 bits per heavy atom. The number of rotatable bonds is 4. The van der Waals surface area contributed by atoms with E-state index in [9.17, 15) is 4.79 Å². The second kappa shape index (κ2) is 5.50. The fraction of sp³-hybridized carbons (Fsp3) is 0.182. The summed E-state index contributed by atoms with van der Waals surface area (Å²) in [5.74, 6) is 0.820. The van der Waals surface area contributed by atoms with Crippen LogP contribution in [0, 0.1) is 0 Å². The molecule has 14 heavy (non-hydrogen) atoms. The summed E-state index contributed by atoms with van der Waals surface area (Å²) in [5.41, 5.74) is 1.03. The smallest absolute Gasteiger partial charge is 0.143 e. The van der Waals surface area contributed by atoms with E-state index in [0.29, 0.717) is 0 Å². The van der Waals surface area contributed by atoms with E-state index in [2.05, 4.69) is 0 Å². The highest BCUT2D eigenvalue weighted by atomic mass is 32.2. The normalized spacial score (nSPS) is 11.1. The van der Waals surface area contributed by atoms with Gasteiger partial charge in [-0.2, -0.15) is 0 Å². The molecule has 0 aliphatic rings. The summed E-state index contributed by atoms with van der Waals surface area (Å²) in [6, 6.07) is 7.63. The molecule has 0 aromatic heterocycles. The minimum Gasteiger partial charge on any atom is -0.497 e. The van der Waals surface area contributed by atoms with E-state index in [-0.39, 0.29) is 0 Å². The molecule has 2 nitrogen and oxygen atoms in total. The average molecular weight is 208 g/mol. The van der Waals surface area contributed by atoms with Gasteiger partial charge >= 0.3 is 0 Å². The molecule has 1 rings (SSSR count). The zero-order chi connectivity index (χ0) is 10.4. The van der Waals surface area contributed by atoms with Gasteiger partial charge in [-0.05, 0) is 30.0 Å². The average Bonchev–Trinajstić information content (AvgIpc) is 2.26. The third-order valence-electron chi connectivity index (χ3n) is 1.81. The fourth-order valence-electron chi connectivity index (χ4n) is 1.10. The van der Waals surface area contributed by atoms with Gasteiger partial charge in [0.05, 0.1) is 7.11 Å². The molecule has 0 unspecified atom stereocenters. The van der Waals surface area contributed by atoms with Gasteiger partial charge in [0.1, 0.15) is 12.0 Å². The highest BCUT2D eigenvalue weighted by molar-refractivity contribution is 8.07. The van der Waals surface area contributed by atoms with Crippen LogP contribution in [0.3, 0.4) is 0 Å². The van der Waals surface area contributed by atoms with Gasteiger partial charge in [-0.25, -0.2) is 0 Å². The first-order chi connectivity index (χ1) is 6.81. The van der Waals surface area contributed by atoms with Crippen molar-refractivity contribution in [2.24, 2.45) is 0 Å². The number of carbonyl (C=O) groups is 1. The Kier molecular flexibility index (Phi) is 4.26. The van der Waals surface area contributed by atoms with E-state index in [4.69, 9.17) is 4.74 Å². The molecule has 0 atom stereocenters. The highest BCUT2D eigenvalue weighted by Gasteiger charge is 1.99. The molecule has 0 N–H and O–H groups in total. The van der Waals surface area contributed by atoms with Crippen LogP contribution in [0.1, 0.15) is 5.56 Å². The molecular formula is C11H12O2S. The first-order valence-corrected chi connectivity index (χ1v) is 5.38. The van der Waals surface area contributed by atoms with E-state index in [1.807, 2.05) is 30.5 Å². The van der Waals surface area contributed by atoms with Crippen molar-refractivity contribution in [3.63, 3.8) is 0 Å². The van der Waals surface area contributed by atoms with Crippen LogP contribution in [0.2, 0.25) is 0 Å². The summed E-state index contributed by atoms with van der Waals surface area (Å²) in [7, 11) is 1.63. The first kappa shape index (κ1) is 10.9. The standard InChI is InChI=1S/C11H12O2S/c1-13-10-5-3-9(4-6-10)11(14-2)7-8-12/h3-8H,1-2H3/b11-7-. The lowest BCUT2D eigenvalue weighted by molar-refractivity contribution is -0.104. The predicted molar refractivity (Wildman–Crippen MR) is 60.6 cm³/mol. The molecule has 0 amide bonds. The van der Waals surface area contributed by atoms with Crippen LogP contribution in [-0.4, -0.2) is 19.7 Å². The number of aldehydes is 1. The maximum atomic E-state index is 10.4. The van der Waals surface area contributed by atoms with Crippen molar-refractivity contribution in [1.82, 2.24) is 0 Å². The molecule has 0 spiro atoms. The van der Waals surface area contributed by atoms with Gasteiger partial charge < -0.3 is 4.74 Å². The van der Waals surface area contributed by atoms with Crippen molar-refractivity contribution in [1.29, 1.82) is 0 Å². The lowest BCUT2D eigenvalue weighted by atomic mass is 10.2. The van der Waals surface area contributed by atoms with E-state index in [1.54, 1.807) is 24.9 Å². The van der Waals surface area contributed by atoms with E-state index in [1.165, 1.54) is 0 Å². The number of ether oxygens (including phenoxy) is 1. The van der Waals surface area contributed by atoms with Gasteiger partial charge in [0.15, 0.2) is 0 Å². The van der Waals surface area contributed by atoms with Crippen LogP contribution in [-0.2, 0) is 4.79 Å². The van der Waals surface area contributed by atoms with Crippen molar-refractivity contribution in [3.05, 3.63) is 35.9 Å². The molecule has 0 saturated heterocycles. The van der Waals surface area contributed by atoms with Gasteiger partial charge in [0.25, 0.3) is 0 Å². The topological polar surface area (TPSA) is 26.3 Å². The van der Waals surface area contributed by atoms with Crippen molar-refractivity contribution in [3.8, 4) is 5.75 Å². The second-order valence-corrected chi connectivity index (χ2v) is 3.45. The lowest BCUT2D eigenvalue weighted by Gasteiger charge is -2.04. The number of hydrogen-bond acceptors (Lipinski definition) is 3. The summed E-state index contributed by atoms with van der Waals surface area (Å²) in [6.45, 7) is 0. The van der Waals surface area contributed by atoms with Crippen molar-refractivity contribution in [2.45, 2.75) is 0 Å². The summed E-state index contributed by atoms with van der Waals surface area (Å²) in [5, 5.41) is 0.